The molecule has 1 aromatic heterocycles. The van der Waals surface area contributed by atoms with E-state index in [-0.39, 0.29) is 10.6 Å². The molecule has 0 atom stereocenters. The molecule has 0 unspecified atom stereocenters. The Morgan fingerprint density at radius 3 is 2.70 bits per heavy atom. The Morgan fingerprint density at radius 2 is 2.05 bits per heavy atom. The number of anilines is 2. The fraction of sp³-hybridized carbons (Fsp3) is 0.214. The molecule has 0 spiro atoms. The Kier molecular flexibility index (Phi) is 4.14. The van der Waals surface area contributed by atoms with Gasteiger partial charge in [-0.3, -0.25) is 15.1 Å². The van der Waals surface area contributed by atoms with Crippen molar-refractivity contribution in [3.8, 4) is 0 Å². The number of hydrogen-bond acceptors (Lipinski definition) is 5. The molecule has 2 rings (SSSR count). The number of nitrogens with one attached hydrogen (secondary N) is 2. The molecule has 1 heterocycles. The molecule has 6 nitrogen and oxygen atoms in total. The lowest BCUT2D eigenvalue weighted by Crippen LogP contribution is -2.06. The van der Waals surface area contributed by atoms with Crippen molar-refractivity contribution in [2.75, 3.05) is 17.7 Å². The standard InChI is InChI=1S/C14H16N4O2/c1-10-8-16-7-6-11(10)9-17-13-5-3-4-12(15-2)14(13)18(19)20/h3-8,15,17H,9H2,1-2H3. The normalized spacial score (nSPS) is 10.1. The Balaban J connectivity index is 2.26. The van der Waals surface area contributed by atoms with Crippen molar-refractivity contribution in [3.63, 3.8) is 0 Å². The van der Waals surface area contributed by atoms with Gasteiger partial charge >= 0.3 is 5.69 Å². The number of aryl methyl sites for hydroxylation is 1. The molecule has 1 aromatic carbocycles. The molecule has 20 heavy (non-hydrogen) atoms. The Labute approximate surface area is 117 Å². The van der Waals surface area contributed by atoms with Crippen LogP contribution >= 0.6 is 0 Å². The summed E-state index contributed by atoms with van der Waals surface area (Å²) in [6, 6.07) is 7.06. The van der Waals surface area contributed by atoms with E-state index in [9.17, 15) is 10.1 Å². The minimum absolute atomic E-state index is 0.0571. The second-order valence-electron chi connectivity index (χ2n) is 4.36. The number of aromatic nitrogens is 1. The van der Waals surface area contributed by atoms with E-state index in [0.29, 0.717) is 17.9 Å². The highest BCUT2D eigenvalue weighted by Crippen LogP contribution is 2.32. The molecule has 0 radical (unpaired) electrons. The fourth-order valence-electron chi connectivity index (χ4n) is 1.98. The number of hydrogen-bond donors (Lipinski definition) is 2. The smallest absolute Gasteiger partial charge is 0.315 e. The molecule has 0 aliphatic heterocycles. The zero-order valence-corrected chi connectivity index (χ0v) is 11.4. The van der Waals surface area contributed by atoms with E-state index in [4.69, 9.17) is 0 Å². The van der Waals surface area contributed by atoms with Gasteiger partial charge in [-0.1, -0.05) is 6.07 Å². The van der Waals surface area contributed by atoms with Crippen LogP contribution in [-0.4, -0.2) is 17.0 Å². The lowest BCUT2D eigenvalue weighted by Gasteiger charge is -2.11. The van der Waals surface area contributed by atoms with Gasteiger partial charge in [-0.25, -0.2) is 0 Å². The van der Waals surface area contributed by atoms with Gasteiger partial charge in [0.15, 0.2) is 0 Å². The zero-order chi connectivity index (χ0) is 14.5. The van der Waals surface area contributed by atoms with Gasteiger partial charge in [0.25, 0.3) is 0 Å². The lowest BCUT2D eigenvalue weighted by molar-refractivity contribution is -0.383. The number of benzene rings is 1. The SMILES string of the molecule is CNc1cccc(NCc2ccncc2C)c1[N+](=O)[O-]. The van der Waals surface area contributed by atoms with Crippen LogP contribution in [0.3, 0.4) is 0 Å². The van der Waals surface area contributed by atoms with E-state index in [1.807, 2.05) is 13.0 Å². The zero-order valence-electron chi connectivity index (χ0n) is 11.4. The molecule has 0 saturated heterocycles. The van der Waals surface area contributed by atoms with Gasteiger partial charge in [0, 0.05) is 26.0 Å². The summed E-state index contributed by atoms with van der Waals surface area (Å²) in [7, 11) is 1.67. The van der Waals surface area contributed by atoms with E-state index in [1.54, 1.807) is 37.6 Å². The molecule has 0 fully saturated rings. The quantitative estimate of drug-likeness (QED) is 0.646. The number of nitro benzene ring substituents is 1. The van der Waals surface area contributed by atoms with E-state index in [1.165, 1.54) is 0 Å². The van der Waals surface area contributed by atoms with Crippen molar-refractivity contribution in [1.29, 1.82) is 0 Å². The fourth-order valence-corrected chi connectivity index (χ4v) is 1.98. The van der Waals surface area contributed by atoms with Crippen molar-refractivity contribution in [3.05, 3.63) is 57.9 Å². The molecule has 0 aliphatic rings. The van der Waals surface area contributed by atoms with Crippen molar-refractivity contribution in [2.45, 2.75) is 13.5 Å². The Morgan fingerprint density at radius 1 is 1.30 bits per heavy atom. The van der Waals surface area contributed by atoms with Crippen LogP contribution in [0.5, 0.6) is 0 Å². The first-order chi connectivity index (χ1) is 9.63. The summed E-state index contributed by atoms with van der Waals surface area (Å²) >= 11 is 0. The van der Waals surface area contributed by atoms with Gasteiger partial charge in [0.1, 0.15) is 11.4 Å². The molecule has 0 amide bonds. The van der Waals surface area contributed by atoms with E-state index in [2.05, 4.69) is 15.6 Å². The third kappa shape index (κ3) is 2.85. The molecular formula is C14H16N4O2. The molecule has 0 bridgehead atoms. The van der Waals surface area contributed by atoms with E-state index < -0.39 is 0 Å². The first-order valence-corrected chi connectivity index (χ1v) is 6.22. The highest BCUT2D eigenvalue weighted by molar-refractivity contribution is 5.76. The average molecular weight is 272 g/mol. The lowest BCUT2D eigenvalue weighted by atomic mass is 10.1. The Hall–Kier alpha value is -2.63. The van der Waals surface area contributed by atoms with Crippen LogP contribution in [-0.2, 0) is 6.54 Å². The van der Waals surface area contributed by atoms with Crippen LogP contribution < -0.4 is 10.6 Å². The van der Waals surface area contributed by atoms with E-state index in [0.717, 1.165) is 11.1 Å². The minimum atomic E-state index is -0.381. The predicted octanol–water partition coefficient (Wildman–Crippen LogP) is 2.95. The summed E-state index contributed by atoms with van der Waals surface area (Å²) in [6.07, 6.45) is 3.48. The maximum absolute atomic E-state index is 11.2. The van der Waals surface area contributed by atoms with Crippen molar-refractivity contribution < 1.29 is 4.92 Å². The topological polar surface area (TPSA) is 80.1 Å². The molecule has 0 aliphatic carbocycles. The van der Waals surface area contributed by atoms with Crippen LogP contribution in [0, 0.1) is 17.0 Å². The minimum Gasteiger partial charge on any atom is -0.382 e. The van der Waals surface area contributed by atoms with Gasteiger partial charge in [-0.15, -0.1) is 0 Å². The van der Waals surface area contributed by atoms with Gasteiger partial charge in [-0.05, 0) is 36.2 Å². The number of rotatable bonds is 5. The van der Waals surface area contributed by atoms with Gasteiger partial charge in [0.05, 0.1) is 4.92 Å². The molecule has 2 N–H and O–H groups in total. The van der Waals surface area contributed by atoms with Gasteiger partial charge < -0.3 is 10.6 Å². The molecular weight excluding hydrogens is 256 g/mol. The summed E-state index contributed by atoms with van der Waals surface area (Å²) < 4.78 is 0. The first-order valence-electron chi connectivity index (χ1n) is 6.22. The van der Waals surface area contributed by atoms with Crippen LogP contribution in [0.25, 0.3) is 0 Å². The molecule has 2 aromatic rings. The number of nitro groups is 1. The van der Waals surface area contributed by atoms with Gasteiger partial charge in [-0.2, -0.15) is 0 Å². The predicted molar refractivity (Wildman–Crippen MR) is 78.9 cm³/mol. The molecule has 104 valence electrons. The number of para-hydroxylation sites is 1. The van der Waals surface area contributed by atoms with Crippen molar-refractivity contribution in [2.24, 2.45) is 0 Å². The summed E-state index contributed by atoms with van der Waals surface area (Å²) in [6.45, 7) is 2.48. The largest absolute Gasteiger partial charge is 0.382 e. The Bertz CT molecular complexity index is 628. The maximum atomic E-state index is 11.2. The second kappa shape index (κ2) is 6.01. The van der Waals surface area contributed by atoms with Crippen molar-refractivity contribution in [1.82, 2.24) is 4.98 Å². The third-order valence-corrected chi connectivity index (χ3v) is 3.09. The maximum Gasteiger partial charge on any atom is 0.315 e. The van der Waals surface area contributed by atoms with Crippen LogP contribution in [0.2, 0.25) is 0 Å². The third-order valence-electron chi connectivity index (χ3n) is 3.09. The average Bonchev–Trinajstić information content (AvgIpc) is 2.45. The monoisotopic (exact) mass is 272 g/mol. The summed E-state index contributed by atoms with van der Waals surface area (Å²) in [5.41, 5.74) is 3.16. The van der Waals surface area contributed by atoms with Gasteiger partial charge in [0.2, 0.25) is 0 Å². The van der Waals surface area contributed by atoms with Crippen molar-refractivity contribution >= 4 is 17.1 Å². The summed E-state index contributed by atoms with van der Waals surface area (Å²) in [5.74, 6) is 0. The van der Waals surface area contributed by atoms with Crippen LogP contribution in [0.1, 0.15) is 11.1 Å². The first kappa shape index (κ1) is 13.8. The molecule has 0 saturated carbocycles. The second-order valence-corrected chi connectivity index (χ2v) is 4.36. The van der Waals surface area contributed by atoms with Crippen LogP contribution in [0.15, 0.2) is 36.7 Å². The highest BCUT2D eigenvalue weighted by Gasteiger charge is 2.18. The number of nitrogens with zero attached hydrogens (tertiary/aromatic N) is 2. The number of pyridine rings is 1. The van der Waals surface area contributed by atoms with Crippen LogP contribution in [0.4, 0.5) is 17.1 Å². The van der Waals surface area contributed by atoms with E-state index >= 15 is 0 Å². The summed E-state index contributed by atoms with van der Waals surface area (Å²) in [4.78, 5) is 14.8. The highest BCUT2D eigenvalue weighted by atomic mass is 16.6. The molecule has 6 heteroatoms. The summed E-state index contributed by atoms with van der Waals surface area (Å²) in [5, 5.41) is 17.1.